The molecule has 0 bridgehead atoms. The van der Waals surface area contributed by atoms with Gasteiger partial charge in [-0.2, -0.15) is 18.3 Å². The van der Waals surface area contributed by atoms with Gasteiger partial charge in [-0.15, -0.1) is 0 Å². The molecule has 1 aliphatic heterocycles. The van der Waals surface area contributed by atoms with Crippen molar-refractivity contribution in [2.45, 2.75) is 75.7 Å². The summed E-state index contributed by atoms with van der Waals surface area (Å²) in [6.45, 7) is 3.92. The largest absolute Gasteiger partial charge is 0.481 e. The van der Waals surface area contributed by atoms with E-state index in [1.807, 2.05) is 13.8 Å². The van der Waals surface area contributed by atoms with E-state index in [4.69, 9.17) is 4.74 Å². The Balaban J connectivity index is 1.37. The van der Waals surface area contributed by atoms with Gasteiger partial charge in [0.1, 0.15) is 0 Å². The Morgan fingerprint density at radius 3 is 2.50 bits per heavy atom. The van der Waals surface area contributed by atoms with Crippen molar-refractivity contribution in [3.05, 3.63) is 29.8 Å². The van der Waals surface area contributed by atoms with Crippen molar-refractivity contribution in [3.63, 3.8) is 0 Å². The zero-order valence-electron chi connectivity index (χ0n) is 21.4. The molecule has 2 aliphatic rings. The van der Waals surface area contributed by atoms with E-state index < -0.39 is 47.9 Å². The van der Waals surface area contributed by atoms with Gasteiger partial charge in [0.15, 0.2) is 17.1 Å². The molecule has 4 rings (SSSR count). The number of H-pyrrole nitrogens is 1. The summed E-state index contributed by atoms with van der Waals surface area (Å²) >= 11 is 0. The highest BCUT2D eigenvalue weighted by Crippen LogP contribution is 2.41. The lowest BCUT2D eigenvalue weighted by Crippen LogP contribution is -2.56. The number of methoxy groups -OCH3 is 1. The molecule has 3 heterocycles. The van der Waals surface area contributed by atoms with Crippen LogP contribution < -0.4 is 10.1 Å². The lowest BCUT2D eigenvalue weighted by atomic mass is 9.80. The Labute approximate surface area is 217 Å². The smallest absolute Gasteiger partial charge is 0.417 e. The number of aromatic amines is 1. The number of ether oxygens (including phenoxy) is 1. The second-order valence-electron chi connectivity index (χ2n) is 10.6. The van der Waals surface area contributed by atoms with Crippen LogP contribution in [0, 0.1) is 11.7 Å². The van der Waals surface area contributed by atoms with Crippen LogP contribution in [0.2, 0.25) is 0 Å². The van der Waals surface area contributed by atoms with E-state index in [0.717, 1.165) is 6.20 Å². The zero-order chi connectivity index (χ0) is 27.9. The molecule has 0 aromatic carbocycles. The van der Waals surface area contributed by atoms with Crippen LogP contribution in [0.1, 0.15) is 62.9 Å². The quantitative estimate of drug-likeness (QED) is 0.498. The van der Waals surface area contributed by atoms with Gasteiger partial charge in [0.25, 0.3) is 5.91 Å². The number of alkyl halides is 3. The topological polar surface area (TPSA) is 120 Å². The van der Waals surface area contributed by atoms with Gasteiger partial charge >= 0.3 is 6.18 Å². The van der Waals surface area contributed by atoms with Crippen LogP contribution in [0.25, 0.3) is 11.3 Å². The number of carbonyl (C=O) groups is 2. The molecule has 1 aliphatic carbocycles. The number of halogens is 4. The van der Waals surface area contributed by atoms with Crippen molar-refractivity contribution in [3.8, 4) is 17.1 Å². The fourth-order valence-corrected chi connectivity index (χ4v) is 5.29. The van der Waals surface area contributed by atoms with Crippen molar-refractivity contribution in [2.75, 3.05) is 13.7 Å². The summed E-state index contributed by atoms with van der Waals surface area (Å²) in [4.78, 5) is 31.6. The van der Waals surface area contributed by atoms with Crippen LogP contribution in [0.4, 0.5) is 17.6 Å². The number of hydrogen-bond donors (Lipinski definition) is 3. The fourth-order valence-electron chi connectivity index (χ4n) is 5.29. The molecule has 2 aromatic rings. The fraction of sp³-hybridized carbons (Fsp3) is 0.600. The summed E-state index contributed by atoms with van der Waals surface area (Å²) in [6.07, 6.45) is -3.81. The zero-order valence-corrected chi connectivity index (χ0v) is 21.4. The van der Waals surface area contributed by atoms with Crippen LogP contribution in [-0.4, -0.2) is 74.0 Å². The van der Waals surface area contributed by atoms with Gasteiger partial charge in [0, 0.05) is 35.7 Å². The van der Waals surface area contributed by atoms with Crippen LogP contribution in [0.5, 0.6) is 5.88 Å². The highest BCUT2D eigenvalue weighted by atomic mass is 19.4. The van der Waals surface area contributed by atoms with Crippen molar-refractivity contribution in [1.29, 1.82) is 0 Å². The maximum Gasteiger partial charge on any atom is 0.417 e. The maximum atomic E-state index is 14.3. The Morgan fingerprint density at radius 1 is 1.21 bits per heavy atom. The van der Waals surface area contributed by atoms with Crippen molar-refractivity contribution in [2.24, 2.45) is 5.92 Å². The number of hydrogen-bond acceptors (Lipinski definition) is 6. The lowest BCUT2D eigenvalue weighted by Gasteiger charge is -2.45. The second kappa shape index (κ2) is 10.2. The van der Waals surface area contributed by atoms with Crippen LogP contribution in [-0.2, 0) is 4.79 Å². The molecule has 208 valence electrons. The van der Waals surface area contributed by atoms with Crippen molar-refractivity contribution >= 4 is 11.8 Å². The normalized spacial score (nSPS) is 25.6. The number of rotatable bonds is 5. The molecule has 2 aromatic heterocycles. The number of nitrogens with zero attached hydrogens (tertiary/aromatic N) is 3. The molecule has 0 radical (unpaired) electrons. The molecule has 1 atom stereocenters. The second-order valence-corrected chi connectivity index (χ2v) is 10.6. The van der Waals surface area contributed by atoms with Gasteiger partial charge in [0.05, 0.1) is 19.0 Å². The predicted molar refractivity (Wildman–Crippen MR) is 128 cm³/mol. The van der Waals surface area contributed by atoms with E-state index in [0.29, 0.717) is 12.8 Å². The molecule has 38 heavy (non-hydrogen) atoms. The highest BCUT2D eigenvalue weighted by molar-refractivity contribution is 5.94. The first-order valence-corrected chi connectivity index (χ1v) is 12.4. The first-order valence-electron chi connectivity index (χ1n) is 12.4. The molecule has 2 fully saturated rings. The number of amides is 2. The first kappa shape index (κ1) is 27.8. The molecule has 1 saturated carbocycles. The number of nitrogens with one attached hydrogen (secondary N) is 2. The monoisotopic (exact) mass is 541 g/mol. The lowest BCUT2D eigenvalue weighted by molar-refractivity contribution is -0.270. The van der Waals surface area contributed by atoms with E-state index in [-0.39, 0.29) is 54.0 Å². The number of piperidine rings is 1. The van der Waals surface area contributed by atoms with E-state index in [1.165, 1.54) is 19.2 Å². The average molecular weight is 542 g/mol. The van der Waals surface area contributed by atoms with Gasteiger partial charge in [-0.05, 0) is 58.4 Å². The van der Waals surface area contributed by atoms with E-state index >= 15 is 0 Å². The third-order valence-corrected chi connectivity index (χ3v) is 7.61. The Kier molecular flexibility index (Phi) is 7.43. The molecule has 1 saturated heterocycles. The predicted octanol–water partition coefficient (Wildman–Crippen LogP) is 3.60. The Hall–Kier alpha value is -3.22. The third kappa shape index (κ3) is 5.47. The van der Waals surface area contributed by atoms with Gasteiger partial charge in [-0.3, -0.25) is 14.7 Å². The Morgan fingerprint density at radius 2 is 1.89 bits per heavy atom. The third-order valence-electron chi connectivity index (χ3n) is 7.61. The summed E-state index contributed by atoms with van der Waals surface area (Å²) in [5.74, 6) is -1.48. The van der Waals surface area contributed by atoms with E-state index in [1.54, 1.807) is 4.90 Å². The molecular formula is C25H31F4N5O4. The minimum absolute atomic E-state index is 0.0356. The number of pyridine rings is 1. The molecular weight excluding hydrogens is 510 g/mol. The van der Waals surface area contributed by atoms with Gasteiger partial charge in [-0.1, -0.05) is 0 Å². The minimum atomic E-state index is -4.69. The van der Waals surface area contributed by atoms with Crippen molar-refractivity contribution in [1.82, 2.24) is 25.4 Å². The average Bonchev–Trinajstić information content (AvgIpc) is 3.34. The Bertz CT molecular complexity index is 1190. The highest BCUT2D eigenvalue weighted by Gasteiger charge is 2.54. The summed E-state index contributed by atoms with van der Waals surface area (Å²) < 4.78 is 58.5. The standard InChI is InChI=1S/C25H31F4N5O4/c1-23(2)12-14(21(35)31-15-4-7-24(37,8-5-15)25(27,28)29)6-9-34(23)22(36)19-11-18(32-33-19)16-10-20(38-3)30-13-17(16)26/h10-11,13-15,37H,4-9,12H2,1-3H3,(H,31,35)(H,32,33)/t14-,15-,24-/m1/s1. The number of aliphatic hydroxyl groups is 1. The number of aromatic nitrogens is 3. The van der Waals surface area contributed by atoms with Gasteiger partial charge in [-0.25, -0.2) is 9.37 Å². The van der Waals surface area contributed by atoms with Crippen LogP contribution in [0.3, 0.4) is 0 Å². The van der Waals surface area contributed by atoms with E-state index in [2.05, 4.69) is 20.5 Å². The molecule has 13 heteroatoms. The number of carbonyl (C=O) groups excluding carboxylic acids is 2. The summed E-state index contributed by atoms with van der Waals surface area (Å²) in [7, 11) is 1.40. The summed E-state index contributed by atoms with van der Waals surface area (Å²) in [5, 5.41) is 19.4. The molecule has 3 N–H and O–H groups in total. The first-order chi connectivity index (χ1) is 17.7. The van der Waals surface area contributed by atoms with Crippen molar-refractivity contribution < 1.29 is 37.0 Å². The van der Waals surface area contributed by atoms with Gasteiger partial charge < -0.3 is 20.1 Å². The molecule has 9 nitrogen and oxygen atoms in total. The molecule has 2 amide bonds. The van der Waals surface area contributed by atoms with E-state index in [9.17, 15) is 32.3 Å². The maximum absolute atomic E-state index is 14.3. The number of likely N-dealkylation sites (tertiary alicyclic amines) is 1. The van der Waals surface area contributed by atoms with Gasteiger partial charge in [0.2, 0.25) is 11.8 Å². The SMILES string of the molecule is COc1cc(-c2cc(C(=O)N3CC[C@@H](C(=O)N[C@H]4CC[C@@](O)(C(F)(F)F)CC4)CC3(C)C)n[nH]2)c(F)cn1. The van der Waals surface area contributed by atoms with Crippen LogP contribution in [0.15, 0.2) is 18.3 Å². The summed E-state index contributed by atoms with van der Waals surface area (Å²) in [5.41, 5.74) is -2.91. The van der Waals surface area contributed by atoms with Crippen LogP contribution >= 0.6 is 0 Å². The molecule has 0 unspecified atom stereocenters. The summed E-state index contributed by atoms with van der Waals surface area (Å²) in [6, 6.07) is 2.39. The molecule has 0 spiro atoms. The minimum Gasteiger partial charge on any atom is -0.481 e.